The van der Waals surface area contributed by atoms with Crippen LogP contribution in [-0.4, -0.2) is 17.3 Å². The zero-order valence-electron chi connectivity index (χ0n) is 12.4. The van der Waals surface area contributed by atoms with Crippen LogP contribution in [0.1, 0.15) is 27.0 Å². The lowest BCUT2D eigenvalue weighted by Crippen LogP contribution is -2.38. The third-order valence-electron chi connectivity index (χ3n) is 3.55. The second-order valence-corrected chi connectivity index (χ2v) is 5.93. The van der Waals surface area contributed by atoms with Gasteiger partial charge in [0.25, 0.3) is 5.91 Å². The number of rotatable bonds is 5. The summed E-state index contributed by atoms with van der Waals surface area (Å²) >= 11 is 3.50. The molecule has 0 heterocycles. The maximum absolute atomic E-state index is 12.5. The van der Waals surface area contributed by atoms with Crippen LogP contribution >= 0.6 is 15.9 Å². The maximum atomic E-state index is 12.5. The number of nitrogens with one attached hydrogen (secondary N) is 1. The second-order valence-electron chi connectivity index (χ2n) is 5.28. The van der Waals surface area contributed by atoms with Crippen LogP contribution in [0.4, 0.5) is 0 Å². The highest BCUT2D eigenvalue weighted by Gasteiger charge is 2.16. The summed E-state index contributed by atoms with van der Waals surface area (Å²) in [6.45, 7) is 3.95. The summed E-state index contributed by atoms with van der Waals surface area (Å²) in [6, 6.07) is 16.2. The van der Waals surface area contributed by atoms with Crippen molar-refractivity contribution in [3.05, 3.63) is 70.8 Å². The Bertz CT molecular complexity index is 590. The first kappa shape index (κ1) is 15.8. The molecule has 0 fully saturated rings. The summed E-state index contributed by atoms with van der Waals surface area (Å²) in [5.74, 6) is 0.00554. The van der Waals surface area contributed by atoms with Crippen molar-refractivity contribution >= 4 is 21.8 Å². The van der Waals surface area contributed by atoms with Crippen LogP contribution < -0.4 is 5.32 Å². The third-order valence-corrected chi connectivity index (χ3v) is 4.34. The van der Waals surface area contributed by atoms with Crippen LogP contribution in [-0.2, 0) is 6.42 Å². The van der Waals surface area contributed by atoms with Crippen molar-refractivity contribution < 1.29 is 4.79 Å². The second kappa shape index (κ2) is 7.41. The van der Waals surface area contributed by atoms with E-state index in [1.54, 1.807) is 0 Å². The van der Waals surface area contributed by atoms with Gasteiger partial charge in [0.15, 0.2) is 0 Å². The van der Waals surface area contributed by atoms with Crippen LogP contribution in [0.5, 0.6) is 0 Å². The van der Waals surface area contributed by atoms with Crippen molar-refractivity contribution in [2.24, 2.45) is 0 Å². The van der Waals surface area contributed by atoms with Gasteiger partial charge in [-0.05, 0) is 37.0 Å². The van der Waals surface area contributed by atoms with Gasteiger partial charge in [0.2, 0.25) is 0 Å². The summed E-state index contributed by atoms with van der Waals surface area (Å²) in [4.78, 5) is 12.5. The van der Waals surface area contributed by atoms with E-state index < -0.39 is 0 Å². The summed E-state index contributed by atoms with van der Waals surface area (Å²) in [6.07, 6.45) is 0.822. The minimum absolute atomic E-state index is 0.00554. The van der Waals surface area contributed by atoms with Crippen molar-refractivity contribution in [2.45, 2.75) is 26.3 Å². The molecule has 1 unspecified atom stereocenters. The number of hydrogen-bond acceptors (Lipinski definition) is 1. The summed E-state index contributed by atoms with van der Waals surface area (Å²) in [5.41, 5.74) is 4.04. The lowest BCUT2D eigenvalue weighted by Gasteiger charge is -2.18. The van der Waals surface area contributed by atoms with Crippen LogP contribution in [0.3, 0.4) is 0 Å². The van der Waals surface area contributed by atoms with Gasteiger partial charge in [-0.15, -0.1) is 0 Å². The largest absolute Gasteiger partial charge is 0.348 e. The molecule has 2 aromatic rings. The molecule has 110 valence electrons. The van der Waals surface area contributed by atoms with Crippen LogP contribution in [0, 0.1) is 13.8 Å². The standard InChI is InChI=1S/C18H20BrNO/c1-13-7-6-8-14(2)17(13)18(21)20-16(12-19)11-15-9-4-3-5-10-15/h3-10,16H,11-12H2,1-2H3,(H,20,21). The Kier molecular flexibility index (Phi) is 5.57. The molecule has 0 aliphatic carbocycles. The number of alkyl halides is 1. The van der Waals surface area contributed by atoms with E-state index in [0.717, 1.165) is 28.4 Å². The van der Waals surface area contributed by atoms with E-state index in [-0.39, 0.29) is 11.9 Å². The number of benzene rings is 2. The van der Waals surface area contributed by atoms with Crippen LogP contribution in [0.2, 0.25) is 0 Å². The lowest BCUT2D eigenvalue weighted by atomic mass is 10.0. The third kappa shape index (κ3) is 4.18. The Morgan fingerprint density at radius 1 is 1.05 bits per heavy atom. The van der Waals surface area contributed by atoms with Gasteiger partial charge >= 0.3 is 0 Å². The highest BCUT2D eigenvalue weighted by atomic mass is 79.9. The van der Waals surface area contributed by atoms with E-state index in [1.165, 1.54) is 5.56 Å². The molecule has 0 saturated heterocycles. The fourth-order valence-electron chi connectivity index (χ4n) is 2.47. The van der Waals surface area contributed by atoms with E-state index in [2.05, 4.69) is 33.4 Å². The molecular weight excluding hydrogens is 326 g/mol. The highest BCUT2D eigenvalue weighted by Crippen LogP contribution is 2.14. The van der Waals surface area contributed by atoms with E-state index >= 15 is 0 Å². The minimum Gasteiger partial charge on any atom is -0.348 e. The predicted octanol–water partition coefficient (Wildman–Crippen LogP) is 4.04. The van der Waals surface area contributed by atoms with Crippen molar-refractivity contribution in [3.63, 3.8) is 0 Å². The first-order valence-electron chi connectivity index (χ1n) is 7.08. The predicted molar refractivity (Wildman–Crippen MR) is 91.1 cm³/mol. The Morgan fingerprint density at radius 2 is 1.67 bits per heavy atom. The fraction of sp³-hybridized carbons (Fsp3) is 0.278. The van der Waals surface area contributed by atoms with Crippen molar-refractivity contribution in [3.8, 4) is 0 Å². The number of carbonyl (C=O) groups excluding carboxylic acids is 1. The first-order chi connectivity index (χ1) is 10.1. The zero-order valence-corrected chi connectivity index (χ0v) is 14.0. The molecule has 21 heavy (non-hydrogen) atoms. The van der Waals surface area contributed by atoms with E-state index in [9.17, 15) is 4.79 Å². The van der Waals surface area contributed by atoms with Gasteiger partial charge in [-0.25, -0.2) is 0 Å². The SMILES string of the molecule is Cc1cccc(C)c1C(=O)NC(CBr)Cc1ccccc1. The smallest absolute Gasteiger partial charge is 0.252 e. The van der Waals surface area contributed by atoms with Gasteiger partial charge in [0.1, 0.15) is 0 Å². The molecule has 3 heteroatoms. The molecular formula is C18H20BrNO. The normalized spacial score (nSPS) is 12.0. The quantitative estimate of drug-likeness (QED) is 0.814. The molecule has 0 aromatic heterocycles. The van der Waals surface area contributed by atoms with E-state index in [4.69, 9.17) is 0 Å². The maximum Gasteiger partial charge on any atom is 0.252 e. The van der Waals surface area contributed by atoms with Crippen molar-refractivity contribution in [1.82, 2.24) is 5.32 Å². The molecule has 2 rings (SSSR count). The number of amides is 1. The Hall–Kier alpha value is -1.61. The van der Waals surface area contributed by atoms with Crippen LogP contribution in [0.25, 0.3) is 0 Å². The molecule has 0 aliphatic heterocycles. The lowest BCUT2D eigenvalue weighted by molar-refractivity contribution is 0.0940. The number of hydrogen-bond donors (Lipinski definition) is 1. The molecule has 0 saturated carbocycles. The Morgan fingerprint density at radius 3 is 2.24 bits per heavy atom. The van der Waals surface area contributed by atoms with Gasteiger partial charge < -0.3 is 5.32 Å². The topological polar surface area (TPSA) is 29.1 Å². The average molecular weight is 346 g/mol. The Balaban J connectivity index is 2.10. The molecule has 0 aliphatic rings. The van der Waals surface area contributed by atoms with Crippen LogP contribution in [0.15, 0.2) is 48.5 Å². The van der Waals surface area contributed by atoms with Crippen molar-refractivity contribution in [1.29, 1.82) is 0 Å². The number of aryl methyl sites for hydroxylation is 2. The zero-order chi connectivity index (χ0) is 15.2. The molecule has 2 nitrogen and oxygen atoms in total. The summed E-state index contributed by atoms with van der Waals surface area (Å²) < 4.78 is 0. The molecule has 0 radical (unpaired) electrons. The molecule has 0 bridgehead atoms. The van der Waals surface area contributed by atoms with Gasteiger partial charge in [-0.1, -0.05) is 64.5 Å². The number of carbonyl (C=O) groups is 1. The molecule has 1 amide bonds. The highest BCUT2D eigenvalue weighted by molar-refractivity contribution is 9.09. The first-order valence-corrected chi connectivity index (χ1v) is 8.21. The van der Waals surface area contributed by atoms with Gasteiger partial charge in [-0.2, -0.15) is 0 Å². The fourth-order valence-corrected chi connectivity index (χ4v) is 2.86. The van der Waals surface area contributed by atoms with Gasteiger partial charge in [0.05, 0.1) is 0 Å². The van der Waals surface area contributed by atoms with E-state index in [1.807, 2.05) is 50.2 Å². The minimum atomic E-state index is 0.00554. The van der Waals surface area contributed by atoms with Gasteiger partial charge in [-0.3, -0.25) is 4.79 Å². The van der Waals surface area contributed by atoms with Crippen molar-refractivity contribution in [2.75, 3.05) is 5.33 Å². The molecule has 1 N–H and O–H groups in total. The summed E-state index contributed by atoms with van der Waals surface area (Å²) in [5, 5.41) is 3.86. The molecule has 0 spiro atoms. The average Bonchev–Trinajstić information content (AvgIpc) is 2.47. The molecule has 2 aromatic carbocycles. The van der Waals surface area contributed by atoms with Gasteiger partial charge in [0, 0.05) is 16.9 Å². The monoisotopic (exact) mass is 345 g/mol. The number of halogens is 1. The Labute approximate surface area is 134 Å². The summed E-state index contributed by atoms with van der Waals surface area (Å²) in [7, 11) is 0. The molecule has 1 atom stereocenters. The van der Waals surface area contributed by atoms with E-state index in [0.29, 0.717) is 0 Å².